The third-order valence-electron chi connectivity index (χ3n) is 5.07. The van der Waals surface area contributed by atoms with Crippen LogP contribution < -0.4 is 4.72 Å². The summed E-state index contributed by atoms with van der Waals surface area (Å²) in [6.45, 7) is 2.61. The number of hydrogen-bond donors (Lipinski definition) is 1. The van der Waals surface area contributed by atoms with Crippen LogP contribution in [0.25, 0.3) is 0 Å². The van der Waals surface area contributed by atoms with Gasteiger partial charge in [-0.2, -0.15) is 0 Å². The lowest BCUT2D eigenvalue weighted by Gasteiger charge is -2.36. The van der Waals surface area contributed by atoms with E-state index in [9.17, 15) is 13.2 Å². The molecule has 0 saturated carbocycles. The van der Waals surface area contributed by atoms with Crippen LogP contribution in [0.1, 0.15) is 39.3 Å². The maximum absolute atomic E-state index is 13.5. The van der Waals surface area contributed by atoms with E-state index < -0.39 is 10.0 Å². The normalized spacial score (nSPS) is 16.4. The summed E-state index contributed by atoms with van der Waals surface area (Å²) in [7, 11) is -3.62. The van der Waals surface area contributed by atoms with Gasteiger partial charge in [0.15, 0.2) is 0 Å². The van der Waals surface area contributed by atoms with Crippen LogP contribution in [0.2, 0.25) is 0 Å². The molecule has 0 fully saturated rings. The van der Waals surface area contributed by atoms with E-state index in [0.717, 1.165) is 17.5 Å². The molecule has 1 aliphatic rings. The van der Waals surface area contributed by atoms with Gasteiger partial charge in [0, 0.05) is 23.5 Å². The molecule has 2 aromatic carbocycles. The number of nitrogens with zero attached hydrogens (tertiary/aromatic N) is 1. The van der Waals surface area contributed by atoms with Gasteiger partial charge >= 0.3 is 0 Å². The molecule has 1 N–H and O–H groups in total. The van der Waals surface area contributed by atoms with E-state index in [1.807, 2.05) is 35.2 Å². The minimum atomic E-state index is -3.62. The van der Waals surface area contributed by atoms with E-state index in [-0.39, 0.29) is 16.8 Å². The Labute approximate surface area is 175 Å². The van der Waals surface area contributed by atoms with Crippen molar-refractivity contribution in [3.05, 3.63) is 87.6 Å². The molecule has 5 nitrogen and oxygen atoms in total. The number of hydrogen-bond acceptors (Lipinski definition) is 4. The molecule has 0 bridgehead atoms. The first-order valence-electron chi connectivity index (χ1n) is 9.53. The third-order valence-corrected chi connectivity index (χ3v) is 7.61. The zero-order valence-electron chi connectivity index (χ0n) is 16.0. The number of carbonyl (C=O) groups is 1. The minimum Gasteiger partial charge on any atom is -0.327 e. The fraction of sp³-hybridized carbons (Fsp3) is 0.227. The Morgan fingerprint density at radius 2 is 1.93 bits per heavy atom. The standard InChI is InChI=1S/C22H22N2O3S2/c1-2-23-29(26,27)18-10-6-9-17(15-18)22(25)24-13-11-20-19(12-14-28-20)21(24)16-7-4-3-5-8-16/h3-10,12,14-15,21,23H,2,11,13H2,1H3. The number of fused-ring (bicyclic) bond motifs is 1. The van der Waals surface area contributed by atoms with Crippen LogP contribution in [0, 0.1) is 0 Å². The highest BCUT2D eigenvalue weighted by Crippen LogP contribution is 2.38. The van der Waals surface area contributed by atoms with Crippen molar-refractivity contribution in [3.63, 3.8) is 0 Å². The Bertz CT molecular complexity index is 1120. The smallest absolute Gasteiger partial charge is 0.254 e. The van der Waals surface area contributed by atoms with E-state index in [1.54, 1.807) is 30.4 Å². The van der Waals surface area contributed by atoms with Crippen LogP contribution >= 0.6 is 11.3 Å². The van der Waals surface area contributed by atoms with E-state index in [2.05, 4.69) is 16.2 Å². The van der Waals surface area contributed by atoms with Crippen LogP contribution in [-0.2, 0) is 16.4 Å². The SMILES string of the molecule is CCNS(=O)(=O)c1cccc(C(=O)N2CCc3sccc3C2c2ccccc2)c1. The molecule has 3 aromatic rings. The molecule has 1 atom stereocenters. The Kier molecular flexibility index (Phi) is 5.54. The Morgan fingerprint density at radius 1 is 1.14 bits per heavy atom. The number of nitrogens with one attached hydrogen (secondary N) is 1. The summed E-state index contributed by atoms with van der Waals surface area (Å²) in [5, 5.41) is 2.07. The van der Waals surface area contributed by atoms with Crippen LogP contribution in [-0.4, -0.2) is 32.3 Å². The number of thiophene rings is 1. The average molecular weight is 427 g/mol. The topological polar surface area (TPSA) is 66.5 Å². The van der Waals surface area contributed by atoms with Gasteiger partial charge in [0.05, 0.1) is 10.9 Å². The quantitative estimate of drug-likeness (QED) is 0.674. The van der Waals surface area contributed by atoms with E-state index in [4.69, 9.17) is 0 Å². The van der Waals surface area contributed by atoms with Crippen molar-refractivity contribution in [2.45, 2.75) is 24.3 Å². The maximum atomic E-state index is 13.5. The van der Waals surface area contributed by atoms with Crippen molar-refractivity contribution in [2.75, 3.05) is 13.1 Å². The number of amides is 1. The summed E-state index contributed by atoms with van der Waals surface area (Å²) < 4.78 is 27.2. The predicted molar refractivity (Wildman–Crippen MR) is 115 cm³/mol. The largest absolute Gasteiger partial charge is 0.327 e. The Hall–Kier alpha value is -2.48. The highest BCUT2D eigenvalue weighted by Gasteiger charge is 2.33. The zero-order chi connectivity index (χ0) is 20.4. The van der Waals surface area contributed by atoms with Gasteiger partial charge in [-0.1, -0.05) is 43.3 Å². The second kappa shape index (κ2) is 8.10. The molecule has 0 saturated heterocycles. The number of sulfonamides is 1. The molecular formula is C22H22N2O3S2. The summed E-state index contributed by atoms with van der Waals surface area (Å²) in [6, 6.07) is 18.2. The van der Waals surface area contributed by atoms with Gasteiger partial charge in [0.1, 0.15) is 0 Å². The van der Waals surface area contributed by atoms with Gasteiger partial charge < -0.3 is 4.90 Å². The first-order valence-corrected chi connectivity index (χ1v) is 11.9. The highest BCUT2D eigenvalue weighted by molar-refractivity contribution is 7.89. The van der Waals surface area contributed by atoms with Crippen molar-refractivity contribution >= 4 is 27.3 Å². The molecule has 29 heavy (non-hydrogen) atoms. The fourth-order valence-corrected chi connectivity index (χ4v) is 5.76. The fourth-order valence-electron chi connectivity index (χ4n) is 3.77. The van der Waals surface area contributed by atoms with Crippen molar-refractivity contribution in [3.8, 4) is 0 Å². The summed E-state index contributed by atoms with van der Waals surface area (Å²) >= 11 is 1.72. The van der Waals surface area contributed by atoms with Crippen molar-refractivity contribution in [1.29, 1.82) is 0 Å². The molecule has 1 aliphatic heterocycles. The van der Waals surface area contributed by atoms with Crippen LogP contribution in [0.4, 0.5) is 0 Å². The molecule has 150 valence electrons. The molecule has 1 amide bonds. The number of benzene rings is 2. The third kappa shape index (κ3) is 3.85. The summed E-state index contributed by atoms with van der Waals surface area (Å²) in [6.07, 6.45) is 0.803. The Balaban J connectivity index is 1.73. The van der Waals surface area contributed by atoms with E-state index >= 15 is 0 Å². The van der Waals surface area contributed by atoms with Gasteiger partial charge in [-0.15, -0.1) is 11.3 Å². The van der Waals surface area contributed by atoms with Crippen molar-refractivity contribution in [2.24, 2.45) is 0 Å². The molecule has 4 rings (SSSR count). The van der Waals surface area contributed by atoms with Crippen LogP contribution in [0.15, 0.2) is 70.9 Å². The van der Waals surface area contributed by atoms with Gasteiger partial charge in [0.2, 0.25) is 10.0 Å². The summed E-state index contributed by atoms with van der Waals surface area (Å²) in [5.74, 6) is -0.163. The van der Waals surface area contributed by atoms with Gasteiger partial charge in [0.25, 0.3) is 5.91 Å². The van der Waals surface area contributed by atoms with Gasteiger partial charge in [-0.25, -0.2) is 13.1 Å². The molecule has 0 spiro atoms. The lowest BCUT2D eigenvalue weighted by Crippen LogP contribution is -2.40. The first kappa shape index (κ1) is 19.8. The summed E-state index contributed by atoms with van der Waals surface area (Å²) in [5.41, 5.74) is 2.58. The lowest BCUT2D eigenvalue weighted by atomic mass is 9.92. The number of carbonyl (C=O) groups excluding carboxylic acids is 1. The highest BCUT2D eigenvalue weighted by atomic mass is 32.2. The molecule has 2 heterocycles. The second-order valence-corrected chi connectivity index (χ2v) is 9.66. The first-order chi connectivity index (χ1) is 14.0. The Morgan fingerprint density at radius 3 is 2.69 bits per heavy atom. The monoisotopic (exact) mass is 426 g/mol. The van der Waals surface area contributed by atoms with Crippen LogP contribution in [0.3, 0.4) is 0 Å². The molecule has 1 aromatic heterocycles. The maximum Gasteiger partial charge on any atom is 0.254 e. The average Bonchev–Trinajstić information content (AvgIpc) is 3.22. The molecule has 0 radical (unpaired) electrons. The van der Waals surface area contributed by atoms with Crippen molar-refractivity contribution in [1.82, 2.24) is 9.62 Å². The van der Waals surface area contributed by atoms with E-state index in [1.165, 1.54) is 17.0 Å². The zero-order valence-corrected chi connectivity index (χ0v) is 17.7. The molecule has 0 aliphatic carbocycles. The minimum absolute atomic E-state index is 0.106. The van der Waals surface area contributed by atoms with E-state index in [0.29, 0.717) is 18.7 Å². The summed E-state index contributed by atoms with van der Waals surface area (Å²) in [4.78, 5) is 16.7. The lowest BCUT2D eigenvalue weighted by molar-refractivity contribution is 0.0696. The van der Waals surface area contributed by atoms with Crippen molar-refractivity contribution < 1.29 is 13.2 Å². The molecule has 1 unspecified atom stereocenters. The molecular weight excluding hydrogens is 404 g/mol. The number of rotatable bonds is 5. The predicted octanol–water partition coefficient (Wildman–Crippen LogP) is 3.83. The molecule has 7 heteroatoms. The van der Waals surface area contributed by atoms with Crippen LogP contribution in [0.5, 0.6) is 0 Å². The van der Waals surface area contributed by atoms with Gasteiger partial charge in [-0.3, -0.25) is 4.79 Å². The van der Waals surface area contributed by atoms with Gasteiger partial charge in [-0.05, 0) is 47.2 Å². The second-order valence-electron chi connectivity index (χ2n) is 6.89.